The molecular weight excluding hydrogens is 248 g/mol. The molecule has 3 nitrogen and oxygen atoms in total. The quantitative estimate of drug-likeness (QED) is 0.911. The Morgan fingerprint density at radius 2 is 2.10 bits per heavy atom. The van der Waals surface area contributed by atoms with Crippen LogP contribution in [0.25, 0.3) is 11.0 Å². The third-order valence-electron chi connectivity index (χ3n) is 5.09. The lowest BCUT2D eigenvalue weighted by Crippen LogP contribution is -2.43. The maximum atomic E-state index is 11.0. The van der Waals surface area contributed by atoms with E-state index in [9.17, 15) is 5.11 Å². The van der Waals surface area contributed by atoms with Crippen LogP contribution in [0, 0.1) is 11.8 Å². The minimum absolute atomic E-state index is 0.339. The number of hydrogen-bond donors (Lipinski definition) is 1. The molecule has 108 valence electrons. The summed E-state index contributed by atoms with van der Waals surface area (Å²) >= 11 is 0. The van der Waals surface area contributed by atoms with Crippen LogP contribution in [0.1, 0.15) is 38.9 Å². The number of aromatic nitrogens is 2. The average Bonchev–Trinajstić information content (AvgIpc) is 2.72. The number of benzene rings is 1. The normalized spacial score (nSPS) is 30.8. The van der Waals surface area contributed by atoms with Crippen LogP contribution < -0.4 is 0 Å². The first-order chi connectivity index (χ1) is 9.49. The van der Waals surface area contributed by atoms with Crippen molar-refractivity contribution in [2.24, 2.45) is 18.9 Å². The van der Waals surface area contributed by atoms with Crippen LogP contribution in [0.5, 0.6) is 0 Å². The standard InChI is InChI=1S/C17H24N2O/c1-12-8-9-17(20,13(2)10-12)11-16-18-14-6-4-5-7-15(14)19(16)3/h4-7,12-13,20H,8-11H2,1-3H3. The lowest BCUT2D eigenvalue weighted by molar-refractivity contribution is -0.0539. The minimum atomic E-state index is -0.596. The molecule has 1 aromatic heterocycles. The highest BCUT2D eigenvalue weighted by molar-refractivity contribution is 5.75. The van der Waals surface area contributed by atoms with Crippen LogP contribution in [-0.2, 0) is 13.5 Å². The Morgan fingerprint density at radius 3 is 2.80 bits per heavy atom. The topological polar surface area (TPSA) is 38.1 Å². The molecule has 0 bridgehead atoms. The number of imidazole rings is 1. The highest BCUT2D eigenvalue weighted by atomic mass is 16.3. The van der Waals surface area contributed by atoms with Crippen LogP contribution >= 0.6 is 0 Å². The molecule has 1 fully saturated rings. The number of aliphatic hydroxyl groups is 1. The van der Waals surface area contributed by atoms with Crippen molar-refractivity contribution in [1.29, 1.82) is 0 Å². The minimum Gasteiger partial charge on any atom is -0.389 e. The first-order valence-electron chi connectivity index (χ1n) is 7.62. The Labute approximate surface area is 120 Å². The summed E-state index contributed by atoms with van der Waals surface area (Å²) in [7, 11) is 2.05. The van der Waals surface area contributed by atoms with Crippen LogP contribution in [0.4, 0.5) is 0 Å². The molecule has 3 unspecified atom stereocenters. The molecule has 0 saturated heterocycles. The van der Waals surface area contributed by atoms with E-state index in [1.54, 1.807) is 0 Å². The zero-order chi connectivity index (χ0) is 14.3. The molecule has 0 aliphatic heterocycles. The van der Waals surface area contributed by atoms with Gasteiger partial charge in [0.15, 0.2) is 0 Å². The summed E-state index contributed by atoms with van der Waals surface area (Å²) in [5.41, 5.74) is 1.56. The highest BCUT2D eigenvalue weighted by Crippen LogP contribution is 2.38. The zero-order valence-corrected chi connectivity index (χ0v) is 12.6. The summed E-state index contributed by atoms with van der Waals surface area (Å²) in [4.78, 5) is 4.71. The van der Waals surface area contributed by atoms with Crippen molar-refractivity contribution < 1.29 is 5.11 Å². The van der Waals surface area contributed by atoms with Crippen molar-refractivity contribution in [1.82, 2.24) is 9.55 Å². The highest BCUT2D eigenvalue weighted by Gasteiger charge is 2.39. The maximum Gasteiger partial charge on any atom is 0.112 e. The Kier molecular flexibility index (Phi) is 3.33. The fraction of sp³-hybridized carbons (Fsp3) is 0.588. The lowest BCUT2D eigenvalue weighted by Gasteiger charge is -2.40. The molecule has 2 aromatic rings. The predicted octanol–water partition coefficient (Wildman–Crippen LogP) is 3.30. The third kappa shape index (κ3) is 2.24. The Morgan fingerprint density at radius 1 is 1.35 bits per heavy atom. The molecule has 1 aromatic carbocycles. The largest absolute Gasteiger partial charge is 0.389 e. The van der Waals surface area contributed by atoms with E-state index >= 15 is 0 Å². The number of para-hydroxylation sites is 2. The molecule has 1 N–H and O–H groups in total. The van der Waals surface area contributed by atoms with E-state index in [4.69, 9.17) is 4.98 Å². The van der Waals surface area contributed by atoms with Gasteiger partial charge in [-0.05, 0) is 43.2 Å². The average molecular weight is 272 g/mol. The monoisotopic (exact) mass is 272 g/mol. The maximum absolute atomic E-state index is 11.0. The van der Waals surface area contributed by atoms with E-state index in [1.165, 1.54) is 0 Å². The van der Waals surface area contributed by atoms with Gasteiger partial charge in [0, 0.05) is 13.5 Å². The zero-order valence-electron chi connectivity index (χ0n) is 12.6. The first kappa shape index (κ1) is 13.6. The third-order valence-corrected chi connectivity index (χ3v) is 5.09. The van der Waals surface area contributed by atoms with Crippen molar-refractivity contribution in [3.63, 3.8) is 0 Å². The summed E-state index contributed by atoms with van der Waals surface area (Å²) in [6.45, 7) is 4.46. The number of rotatable bonds is 2. The molecule has 1 aliphatic rings. The predicted molar refractivity (Wildman–Crippen MR) is 81.5 cm³/mol. The molecule has 3 atom stereocenters. The van der Waals surface area contributed by atoms with E-state index in [2.05, 4.69) is 24.5 Å². The lowest BCUT2D eigenvalue weighted by atomic mass is 9.70. The fourth-order valence-corrected chi connectivity index (χ4v) is 3.57. The number of nitrogens with zero attached hydrogens (tertiary/aromatic N) is 2. The van der Waals surface area contributed by atoms with Gasteiger partial charge in [-0.1, -0.05) is 26.0 Å². The molecule has 1 heterocycles. The molecule has 0 radical (unpaired) electrons. The summed E-state index contributed by atoms with van der Waals surface area (Å²) in [5.74, 6) is 2.06. The number of hydrogen-bond acceptors (Lipinski definition) is 2. The summed E-state index contributed by atoms with van der Waals surface area (Å²) in [5, 5.41) is 11.0. The number of aryl methyl sites for hydroxylation is 1. The SMILES string of the molecule is CC1CCC(O)(Cc2nc3ccccc3n2C)C(C)C1. The summed E-state index contributed by atoms with van der Waals surface area (Å²) < 4.78 is 2.12. The van der Waals surface area contributed by atoms with Crippen LogP contribution in [0.3, 0.4) is 0 Å². The fourth-order valence-electron chi connectivity index (χ4n) is 3.57. The van der Waals surface area contributed by atoms with Crippen molar-refractivity contribution >= 4 is 11.0 Å². The van der Waals surface area contributed by atoms with Crippen molar-refractivity contribution in [3.8, 4) is 0 Å². The van der Waals surface area contributed by atoms with E-state index < -0.39 is 5.60 Å². The van der Waals surface area contributed by atoms with Crippen molar-refractivity contribution in [3.05, 3.63) is 30.1 Å². The smallest absolute Gasteiger partial charge is 0.112 e. The molecule has 3 rings (SSSR count). The van der Waals surface area contributed by atoms with Gasteiger partial charge in [-0.2, -0.15) is 0 Å². The molecule has 1 aliphatic carbocycles. The van der Waals surface area contributed by atoms with Crippen LogP contribution in [0.2, 0.25) is 0 Å². The summed E-state index contributed by atoms with van der Waals surface area (Å²) in [6, 6.07) is 8.17. The van der Waals surface area contributed by atoms with Gasteiger partial charge in [0.2, 0.25) is 0 Å². The molecular formula is C17H24N2O. The molecule has 20 heavy (non-hydrogen) atoms. The van der Waals surface area contributed by atoms with Crippen LogP contribution in [-0.4, -0.2) is 20.3 Å². The molecule has 1 saturated carbocycles. The van der Waals surface area contributed by atoms with Gasteiger partial charge < -0.3 is 9.67 Å². The Balaban J connectivity index is 1.91. The Bertz CT molecular complexity index is 618. The first-order valence-corrected chi connectivity index (χ1v) is 7.62. The molecule has 3 heteroatoms. The summed E-state index contributed by atoms with van der Waals surface area (Å²) in [6.07, 6.45) is 3.77. The number of fused-ring (bicyclic) bond motifs is 1. The van der Waals surface area contributed by atoms with Crippen molar-refractivity contribution in [2.45, 2.75) is 45.1 Å². The van der Waals surface area contributed by atoms with Gasteiger partial charge in [-0.15, -0.1) is 0 Å². The van der Waals surface area contributed by atoms with Crippen molar-refractivity contribution in [2.75, 3.05) is 0 Å². The van der Waals surface area contributed by atoms with E-state index in [1.807, 2.05) is 25.2 Å². The van der Waals surface area contributed by atoms with E-state index in [0.717, 1.165) is 42.0 Å². The van der Waals surface area contributed by atoms with Gasteiger partial charge >= 0.3 is 0 Å². The van der Waals surface area contributed by atoms with E-state index in [-0.39, 0.29) is 0 Å². The Hall–Kier alpha value is -1.35. The molecule has 0 spiro atoms. The van der Waals surface area contributed by atoms with E-state index in [0.29, 0.717) is 12.3 Å². The second-order valence-corrected chi connectivity index (χ2v) is 6.64. The van der Waals surface area contributed by atoms with Crippen LogP contribution in [0.15, 0.2) is 24.3 Å². The second-order valence-electron chi connectivity index (χ2n) is 6.64. The second kappa shape index (κ2) is 4.88. The van der Waals surface area contributed by atoms with Gasteiger partial charge in [-0.3, -0.25) is 0 Å². The van der Waals surface area contributed by atoms with Gasteiger partial charge in [0.05, 0.1) is 16.6 Å². The van der Waals surface area contributed by atoms with Gasteiger partial charge in [-0.25, -0.2) is 4.98 Å². The van der Waals surface area contributed by atoms with Gasteiger partial charge in [0.25, 0.3) is 0 Å². The molecule has 0 amide bonds. The van der Waals surface area contributed by atoms with Gasteiger partial charge in [0.1, 0.15) is 5.82 Å².